The topological polar surface area (TPSA) is 42.0 Å². The Hall–Kier alpha value is -1.82. The van der Waals surface area contributed by atoms with Crippen LogP contribution in [0.15, 0.2) is 24.3 Å². The monoisotopic (exact) mass is 282 g/mol. The third-order valence-electron chi connectivity index (χ3n) is 3.16. The predicted molar refractivity (Wildman–Crippen MR) is 72.3 cm³/mol. The van der Waals surface area contributed by atoms with Crippen molar-refractivity contribution in [2.45, 2.75) is 0 Å². The zero-order valence-corrected chi connectivity index (χ0v) is 11.5. The van der Waals surface area contributed by atoms with Crippen LogP contribution in [0.1, 0.15) is 0 Å². The number of hydrogen-bond acceptors (Lipinski definition) is 4. The van der Waals surface area contributed by atoms with Crippen LogP contribution in [0.4, 0.5) is 9.18 Å². The number of hydrogen-bond donors (Lipinski definition) is 0. The highest BCUT2D eigenvalue weighted by Crippen LogP contribution is 2.14. The number of rotatable bonds is 7. The lowest BCUT2D eigenvalue weighted by atomic mass is 10.3. The Kier molecular flexibility index (Phi) is 5.17. The first-order chi connectivity index (χ1) is 9.66. The summed E-state index contributed by atoms with van der Waals surface area (Å²) in [6, 6.07) is 6.35. The molecule has 110 valence electrons. The van der Waals surface area contributed by atoms with E-state index < -0.39 is 0 Å². The number of carbonyl (C=O) groups excluding carboxylic acids is 1. The average molecular weight is 282 g/mol. The largest absolute Gasteiger partial charge is 0.489 e. The van der Waals surface area contributed by atoms with Gasteiger partial charge in [0.15, 0.2) is 11.6 Å². The van der Waals surface area contributed by atoms with Crippen molar-refractivity contribution in [2.24, 2.45) is 0 Å². The highest BCUT2D eigenvalue weighted by molar-refractivity contribution is 5.69. The second kappa shape index (κ2) is 7.09. The van der Waals surface area contributed by atoms with Crippen LogP contribution in [0.25, 0.3) is 0 Å². The van der Waals surface area contributed by atoms with Crippen molar-refractivity contribution in [3.63, 3.8) is 0 Å². The molecule has 0 atom stereocenters. The molecular weight excluding hydrogens is 263 g/mol. The number of carbonyl (C=O) groups is 1. The van der Waals surface area contributed by atoms with Gasteiger partial charge in [0.25, 0.3) is 0 Å². The van der Waals surface area contributed by atoms with Gasteiger partial charge in [-0.3, -0.25) is 0 Å². The van der Waals surface area contributed by atoms with Crippen LogP contribution in [0, 0.1) is 5.82 Å². The Balaban J connectivity index is 1.64. The molecule has 1 aromatic carbocycles. The van der Waals surface area contributed by atoms with Gasteiger partial charge in [-0.15, -0.1) is 0 Å². The van der Waals surface area contributed by atoms with Crippen LogP contribution in [-0.4, -0.2) is 62.3 Å². The fourth-order valence-corrected chi connectivity index (χ4v) is 1.91. The Labute approximate surface area is 117 Å². The van der Waals surface area contributed by atoms with Crippen LogP contribution < -0.4 is 4.74 Å². The fourth-order valence-electron chi connectivity index (χ4n) is 1.91. The molecule has 1 heterocycles. The van der Waals surface area contributed by atoms with E-state index in [1.54, 1.807) is 23.1 Å². The molecule has 0 N–H and O–H groups in total. The van der Waals surface area contributed by atoms with Gasteiger partial charge < -0.3 is 19.3 Å². The molecule has 6 heteroatoms. The van der Waals surface area contributed by atoms with Gasteiger partial charge in [-0.25, -0.2) is 9.18 Å². The molecule has 2 rings (SSSR count). The summed E-state index contributed by atoms with van der Waals surface area (Å²) < 4.78 is 23.5. The normalized spacial score (nSPS) is 14.8. The third-order valence-corrected chi connectivity index (χ3v) is 3.16. The number of benzene rings is 1. The van der Waals surface area contributed by atoms with Gasteiger partial charge in [-0.05, 0) is 19.2 Å². The van der Waals surface area contributed by atoms with Crippen molar-refractivity contribution >= 4 is 6.09 Å². The van der Waals surface area contributed by atoms with E-state index in [-0.39, 0.29) is 17.7 Å². The molecule has 20 heavy (non-hydrogen) atoms. The summed E-state index contributed by atoms with van der Waals surface area (Å²) in [5.74, 6) is -0.0843. The van der Waals surface area contributed by atoms with Gasteiger partial charge in [0.2, 0.25) is 0 Å². The Morgan fingerprint density at radius 2 is 2.20 bits per heavy atom. The molecule has 0 radical (unpaired) electrons. The number of cyclic esters (lactones) is 1. The Morgan fingerprint density at radius 1 is 1.40 bits per heavy atom. The van der Waals surface area contributed by atoms with E-state index in [1.165, 1.54) is 6.07 Å². The van der Waals surface area contributed by atoms with Crippen molar-refractivity contribution in [1.29, 1.82) is 0 Å². The quantitative estimate of drug-likeness (QED) is 0.761. The first-order valence-electron chi connectivity index (χ1n) is 6.64. The molecule has 0 aromatic heterocycles. The molecule has 1 aromatic rings. The van der Waals surface area contributed by atoms with E-state index in [4.69, 9.17) is 9.47 Å². The number of para-hydroxylation sites is 1. The van der Waals surface area contributed by atoms with E-state index in [2.05, 4.69) is 0 Å². The molecule has 0 spiro atoms. The van der Waals surface area contributed by atoms with Crippen molar-refractivity contribution < 1.29 is 18.7 Å². The van der Waals surface area contributed by atoms with Crippen LogP contribution in [0.5, 0.6) is 5.75 Å². The number of amides is 1. The molecule has 1 fully saturated rings. The van der Waals surface area contributed by atoms with E-state index in [1.807, 2.05) is 11.9 Å². The summed E-state index contributed by atoms with van der Waals surface area (Å²) in [5.41, 5.74) is 0. The van der Waals surface area contributed by atoms with Crippen LogP contribution in [0.3, 0.4) is 0 Å². The molecule has 1 amide bonds. The van der Waals surface area contributed by atoms with Crippen molar-refractivity contribution in [1.82, 2.24) is 9.80 Å². The number of nitrogens with zero attached hydrogens (tertiary/aromatic N) is 2. The molecule has 0 aliphatic carbocycles. The standard InChI is InChI=1S/C14H19FN2O3/c1-16(6-7-17-9-11-20-14(17)18)8-10-19-13-5-3-2-4-12(13)15/h2-5H,6-11H2,1H3. The molecular formula is C14H19FN2O3. The molecule has 0 saturated carbocycles. The second-order valence-electron chi connectivity index (χ2n) is 4.68. The van der Waals surface area contributed by atoms with Gasteiger partial charge in [-0.1, -0.05) is 12.1 Å². The first kappa shape index (κ1) is 14.6. The maximum absolute atomic E-state index is 13.3. The minimum absolute atomic E-state index is 0.249. The van der Waals surface area contributed by atoms with E-state index in [0.29, 0.717) is 32.8 Å². The number of halogens is 1. The summed E-state index contributed by atoms with van der Waals surface area (Å²) in [4.78, 5) is 15.0. The van der Waals surface area contributed by atoms with Crippen LogP contribution in [-0.2, 0) is 4.74 Å². The predicted octanol–water partition coefficient (Wildman–Crippen LogP) is 1.59. The SMILES string of the molecule is CN(CCOc1ccccc1F)CCN1CCOC1=O. The Bertz CT molecular complexity index is 456. The summed E-state index contributed by atoms with van der Waals surface area (Å²) in [6.07, 6.45) is -0.249. The minimum Gasteiger partial charge on any atom is -0.489 e. The molecule has 1 aliphatic heterocycles. The molecule has 1 aliphatic rings. The maximum atomic E-state index is 13.3. The van der Waals surface area contributed by atoms with Crippen molar-refractivity contribution in [3.8, 4) is 5.75 Å². The first-order valence-corrected chi connectivity index (χ1v) is 6.64. The lowest BCUT2D eigenvalue weighted by molar-refractivity contribution is 0.153. The lowest BCUT2D eigenvalue weighted by Crippen LogP contribution is -2.35. The van der Waals surface area contributed by atoms with Gasteiger partial charge in [0, 0.05) is 19.6 Å². The number of likely N-dealkylation sites (N-methyl/N-ethyl adjacent to an activating group) is 1. The molecule has 0 bridgehead atoms. The van der Waals surface area contributed by atoms with E-state index >= 15 is 0 Å². The van der Waals surface area contributed by atoms with Gasteiger partial charge in [-0.2, -0.15) is 0 Å². The third kappa shape index (κ3) is 4.09. The maximum Gasteiger partial charge on any atom is 0.409 e. The number of ether oxygens (including phenoxy) is 2. The molecule has 0 unspecified atom stereocenters. The Morgan fingerprint density at radius 3 is 2.90 bits per heavy atom. The van der Waals surface area contributed by atoms with Crippen molar-refractivity contribution in [3.05, 3.63) is 30.1 Å². The lowest BCUT2D eigenvalue weighted by Gasteiger charge is -2.20. The zero-order valence-electron chi connectivity index (χ0n) is 11.5. The highest BCUT2D eigenvalue weighted by Gasteiger charge is 2.21. The van der Waals surface area contributed by atoms with Gasteiger partial charge in [0.1, 0.15) is 13.2 Å². The minimum atomic E-state index is -0.352. The van der Waals surface area contributed by atoms with Crippen LogP contribution in [0.2, 0.25) is 0 Å². The van der Waals surface area contributed by atoms with Crippen molar-refractivity contribution in [2.75, 3.05) is 46.4 Å². The van der Waals surface area contributed by atoms with E-state index in [9.17, 15) is 9.18 Å². The van der Waals surface area contributed by atoms with Crippen LogP contribution >= 0.6 is 0 Å². The van der Waals surface area contributed by atoms with E-state index in [0.717, 1.165) is 6.54 Å². The van der Waals surface area contributed by atoms with Gasteiger partial charge >= 0.3 is 6.09 Å². The summed E-state index contributed by atoms with van der Waals surface area (Å²) >= 11 is 0. The summed E-state index contributed by atoms with van der Waals surface area (Å²) in [7, 11) is 1.94. The highest BCUT2D eigenvalue weighted by atomic mass is 19.1. The summed E-state index contributed by atoms with van der Waals surface area (Å²) in [5, 5.41) is 0. The smallest absolute Gasteiger partial charge is 0.409 e. The molecule has 5 nitrogen and oxygen atoms in total. The molecule has 1 saturated heterocycles. The zero-order chi connectivity index (χ0) is 14.4. The van der Waals surface area contributed by atoms with Gasteiger partial charge in [0.05, 0.1) is 6.54 Å². The average Bonchev–Trinajstić information content (AvgIpc) is 2.84. The summed E-state index contributed by atoms with van der Waals surface area (Å²) in [6.45, 7) is 3.56. The fraction of sp³-hybridized carbons (Fsp3) is 0.500. The second-order valence-corrected chi connectivity index (χ2v) is 4.68.